The van der Waals surface area contributed by atoms with Crippen LogP contribution in [0.15, 0.2) is 0 Å². The van der Waals surface area contributed by atoms with E-state index in [1.165, 1.54) is 44.9 Å². The molecule has 0 aromatic rings. The summed E-state index contributed by atoms with van der Waals surface area (Å²) in [6.45, 7) is 9.24. The average molecular weight is 301 g/mol. The fraction of sp³-hybridized carbons (Fsp3) is 0.867. The monoisotopic (exact) mass is 301 g/mol. The first-order valence-corrected chi connectivity index (χ1v) is 6.48. The van der Waals surface area contributed by atoms with Crippen molar-refractivity contribution in [2.24, 2.45) is 11.8 Å². The van der Waals surface area contributed by atoms with Gasteiger partial charge in [0.2, 0.25) is 0 Å². The molecular formula is C15H32Y-2. The molecular weight excluding hydrogens is 269 g/mol. The number of hydrogen-bond donors (Lipinski definition) is 0. The van der Waals surface area contributed by atoms with Crippen LogP contribution in [0.5, 0.6) is 0 Å². The Morgan fingerprint density at radius 3 is 1.94 bits per heavy atom. The third-order valence-corrected chi connectivity index (χ3v) is 3.28. The molecule has 2 unspecified atom stereocenters. The first kappa shape index (κ1) is 22.3. The molecule has 0 saturated heterocycles. The second-order valence-corrected chi connectivity index (χ2v) is 4.89. The summed E-state index contributed by atoms with van der Waals surface area (Å²) in [6, 6.07) is 0. The molecule has 0 spiro atoms. The van der Waals surface area contributed by atoms with Crippen LogP contribution in [0.4, 0.5) is 0 Å². The number of hydrogen-bond acceptors (Lipinski definition) is 0. The topological polar surface area (TPSA) is 0 Å². The van der Waals surface area contributed by atoms with Crippen LogP contribution in [0, 0.1) is 25.7 Å². The maximum atomic E-state index is 2.41. The average Bonchev–Trinajstić information content (AvgIpc) is 2.18. The van der Waals surface area contributed by atoms with Gasteiger partial charge in [0.05, 0.1) is 0 Å². The van der Waals surface area contributed by atoms with E-state index < -0.39 is 0 Å². The van der Waals surface area contributed by atoms with Crippen LogP contribution in [-0.2, 0) is 32.7 Å². The first-order valence-electron chi connectivity index (χ1n) is 6.48. The van der Waals surface area contributed by atoms with E-state index >= 15 is 0 Å². The zero-order chi connectivity index (χ0) is 10.8. The minimum Gasteiger partial charge on any atom is -0.358 e. The van der Waals surface area contributed by atoms with Crippen LogP contribution >= 0.6 is 0 Å². The Kier molecular flexibility index (Phi) is 22.4. The van der Waals surface area contributed by atoms with Gasteiger partial charge < -0.3 is 13.8 Å². The molecule has 0 amide bonds. The summed E-state index contributed by atoms with van der Waals surface area (Å²) >= 11 is 0. The molecule has 0 aliphatic carbocycles. The zero-order valence-corrected chi connectivity index (χ0v) is 15.1. The molecule has 0 rings (SSSR count). The van der Waals surface area contributed by atoms with E-state index in [-0.39, 0.29) is 40.1 Å². The van der Waals surface area contributed by atoms with Crippen molar-refractivity contribution >= 4 is 0 Å². The van der Waals surface area contributed by atoms with E-state index in [4.69, 9.17) is 0 Å². The van der Waals surface area contributed by atoms with Crippen LogP contribution in [0.25, 0.3) is 0 Å². The summed E-state index contributed by atoms with van der Waals surface area (Å²) in [5.41, 5.74) is 0. The van der Waals surface area contributed by atoms with Gasteiger partial charge in [0.25, 0.3) is 0 Å². The SMILES string of the molecule is C[CH-]CCCC(C)CCCC(C)CC.[CH3-].[Y]. The van der Waals surface area contributed by atoms with Crippen molar-refractivity contribution < 1.29 is 32.7 Å². The molecule has 0 nitrogen and oxygen atoms in total. The minimum absolute atomic E-state index is 0. The van der Waals surface area contributed by atoms with Gasteiger partial charge >= 0.3 is 0 Å². The van der Waals surface area contributed by atoms with E-state index in [1.54, 1.807) is 0 Å². The van der Waals surface area contributed by atoms with Gasteiger partial charge in [-0.25, -0.2) is 0 Å². The van der Waals surface area contributed by atoms with Crippen LogP contribution in [0.2, 0.25) is 0 Å². The molecule has 0 saturated carbocycles. The Morgan fingerprint density at radius 1 is 0.938 bits per heavy atom. The third kappa shape index (κ3) is 15.1. The summed E-state index contributed by atoms with van der Waals surface area (Å²) in [6.07, 6.45) is 12.0. The van der Waals surface area contributed by atoms with Gasteiger partial charge in [-0.05, 0) is 11.8 Å². The maximum absolute atomic E-state index is 2.41. The Morgan fingerprint density at radius 2 is 1.44 bits per heavy atom. The molecule has 16 heavy (non-hydrogen) atoms. The van der Waals surface area contributed by atoms with Crippen LogP contribution in [0.3, 0.4) is 0 Å². The van der Waals surface area contributed by atoms with Crippen LogP contribution in [0.1, 0.15) is 72.6 Å². The van der Waals surface area contributed by atoms with E-state index in [2.05, 4.69) is 34.1 Å². The molecule has 0 aromatic carbocycles. The predicted octanol–water partition coefficient (Wildman–Crippen LogP) is 5.68. The number of rotatable bonds is 9. The molecule has 1 radical (unpaired) electrons. The normalized spacial score (nSPS) is 13.5. The van der Waals surface area contributed by atoms with Gasteiger partial charge in [-0.3, -0.25) is 0 Å². The van der Waals surface area contributed by atoms with Crippen LogP contribution < -0.4 is 0 Å². The molecule has 2 atom stereocenters. The van der Waals surface area contributed by atoms with Crippen molar-refractivity contribution in [1.29, 1.82) is 0 Å². The van der Waals surface area contributed by atoms with Crippen molar-refractivity contribution in [3.8, 4) is 0 Å². The molecule has 0 aliphatic rings. The van der Waals surface area contributed by atoms with E-state index in [0.29, 0.717) is 0 Å². The van der Waals surface area contributed by atoms with Gasteiger partial charge in [-0.2, -0.15) is 13.3 Å². The summed E-state index contributed by atoms with van der Waals surface area (Å²) in [7, 11) is 0. The summed E-state index contributed by atoms with van der Waals surface area (Å²) in [4.78, 5) is 0. The Balaban J connectivity index is -0.000000845. The molecule has 1 heteroatoms. The molecule has 0 N–H and O–H groups in total. The van der Waals surface area contributed by atoms with Gasteiger partial charge in [-0.15, -0.1) is 0 Å². The van der Waals surface area contributed by atoms with Crippen molar-refractivity contribution in [2.75, 3.05) is 0 Å². The fourth-order valence-electron chi connectivity index (χ4n) is 1.83. The van der Waals surface area contributed by atoms with Crippen LogP contribution in [-0.4, -0.2) is 0 Å². The largest absolute Gasteiger partial charge is 0.358 e. The minimum atomic E-state index is 0. The molecule has 0 aliphatic heterocycles. The molecule has 97 valence electrons. The van der Waals surface area contributed by atoms with Gasteiger partial charge in [0.15, 0.2) is 0 Å². The van der Waals surface area contributed by atoms with Crippen molar-refractivity contribution in [1.82, 2.24) is 0 Å². The molecule has 0 bridgehead atoms. The van der Waals surface area contributed by atoms with Gasteiger partial charge in [0, 0.05) is 32.7 Å². The zero-order valence-electron chi connectivity index (χ0n) is 12.3. The summed E-state index contributed by atoms with van der Waals surface area (Å²) < 4.78 is 0. The van der Waals surface area contributed by atoms with E-state index in [1.807, 2.05) is 0 Å². The second-order valence-electron chi connectivity index (χ2n) is 4.89. The smallest absolute Gasteiger partial charge is 0 e. The van der Waals surface area contributed by atoms with Gasteiger partial charge in [0.1, 0.15) is 0 Å². The molecule has 0 aromatic heterocycles. The molecule has 0 heterocycles. The Hall–Kier alpha value is 1.10. The van der Waals surface area contributed by atoms with Crippen molar-refractivity contribution in [2.45, 2.75) is 72.6 Å². The Labute approximate surface area is 130 Å². The molecule has 0 fully saturated rings. The van der Waals surface area contributed by atoms with Crippen molar-refractivity contribution in [3.05, 3.63) is 13.8 Å². The third-order valence-electron chi connectivity index (χ3n) is 3.28. The summed E-state index contributed by atoms with van der Waals surface area (Å²) in [5, 5.41) is 0. The van der Waals surface area contributed by atoms with E-state index in [0.717, 1.165) is 11.8 Å². The summed E-state index contributed by atoms with van der Waals surface area (Å²) in [5.74, 6) is 1.88. The Bertz CT molecular complexity index is 112. The quantitative estimate of drug-likeness (QED) is 0.379. The van der Waals surface area contributed by atoms with Crippen molar-refractivity contribution in [3.63, 3.8) is 0 Å². The number of unbranched alkanes of at least 4 members (excludes halogenated alkanes) is 2. The van der Waals surface area contributed by atoms with Gasteiger partial charge in [-0.1, -0.05) is 59.3 Å². The first-order chi connectivity index (χ1) is 6.70. The fourth-order valence-corrected chi connectivity index (χ4v) is 1.83. The van der Waals surface area contributed by atoms with E-state index in [9.17, 15) is 0 Å². The predicted molar refractivity (Wildman–Crippen MR) is 72.7 cm³/mol. The standard InChI is InChI=1S/C14H29.CH3.Y/c1-5-7-8-10-14(4)12-9-11-13(3)6-2;;/h5,13-14H,6-12H2,1-4H3;1H3;/q2*-1;. The second kappa shape index (κ2) is 16.1. The maximum Gasteiger partial charge on any atom is 0 e.